The van der Waals surface area contributed by atoms with Crippen molar-refractivity contribution in [2.75, 3.05) is 4.90 Å². The van der Waals surface area contributed by atoms with Crippen molar-refractivity contribution in [1.29, 1.82) is 0 Å². The van der Waals surface area contributed by atoms with E-state index in [1.807, 2.05) is 54.6 Å². The summed E-state index contributed by atoms with van der Waals surface area (Å²) < 4.78 is 0. The monoisotopic (exact) mass is 391 g/mol. The van der Waals surface area contributed by atoms with Crippen LogP contribution in [0.4, 0.5) is 17.1 Å². The first kappa shape index (κ1) is 17.5. The summed E-state index contributed by atoms with van der Waals surface area (Å²) >= 11 is 12.2. The number of aromatic nitrogens is 2. The summed E-state index contributed by atoms with van der Waals surface area (Å²) in [5, 5.41) is 0.688. The van der Waals surface area contributed by atoms with E-state index in [2.05, 4.69) is 39.1 Å². The van der Waals surface area contributed by atoms with Crippen LogP contribution in [0.25, 0.3) is 11.3 Å². The molecule has 4 aromatic rings. The molecule has 0 fully saturated rings. The minimum Gasteiger partial charge on any atom is -0.310 e. The molecular formula is C22H15Cl2N3. The summed E-state index contributed by atoms with van der Waals surface area (Å²) in [6.07, 6.45) is 1.77. The van der Waals surface area contributed by atoms with Crippen molar-refractivity contribution in [3.05, 3.63) is 101 Å². The molecule has 2 aromatic carbocycles. The summed E-state index contributed by atoms with van der Waals surface area (Å²) in [6, 6.07) is 27.9. The molecule has 3 nitrogen and oxygen atoms in total. The third kappa shape index (κ3) is 3.80. The average molecular weight is 392 g/mol. The van der Waals surface area contributed by atoms with Crippen molar-refractivity contribution in [2.45, 2.75) is 0 Å². The van der Waals surface area contributed by atoms with Crippen molar-refractivity contribution in [3.63, 3.8) is 0 Å². The largest absolute Gasteiger partial charge is 0.310 e. The quantitative estimate of drug-likeness (QED) is 0.353. The minimum atomic E-state index is 0.332. The van der Waals surface area contributed by atoms with Crippen LogP contribution in [0, 0.1) is 0 Å². The Labute approximate surface area is 167 Å². The Kier molecular flexibility index (Phi) is 5.05. The highest BCUT2D eigenvalue weighted by atomic mass is 35.5. The zero-order chi connectivity index (χ0) is 18.6. The van der Waals surface area contributed by atoms with E-state index in [-0.39, 0.29) is 0 Å². The van der Waals surface area contributed by atoms with Crippen LogP contribution < -0.4 is 4.90 Å². The van der Waals surface area contributed by atoms with Gasteiger partial charge in [-0.1, -0.05) is 59.6 Å². The molecule has 5 heteroatoms. The maximum atomic E-state index is 6.28. The summed E-state index contributed by atoms with van der Waals surface area (Å²) in [6.45, 7) is 0. The fourth-order valence-electron chi connectivity index (χ4n) is 2.91. The lowest BCUT2D eigenvalue weighted by molar-refractivity contribution is 1.23. The Morgan fingerprint density at radius 2 is 1.30 bits per heavy atom. The number of nitrogens with zero attached hydrogens (tertiary/aromatic N) is 3. The molecule has 0 amide bonds. The van der Waals surface area contributed by atoms with Gasteiger partial charge in [-0.25, -0.2) is 4.98 Å². The fourth-order valence-corrected chi connectivity index (χ4v) is 3.35. The number of rotatable bonds is 4. The molecule has 27 heavy (non-hydrogen) atoms. The highest BCUT2D eigenvalue weighted by molar-refractivity contribution is 6.34. The normalized spacial score (nSPS) is 10.6. The van der Waals surface area contributed by atoms with Crippen LogP contribution in [-0.4, -0.2) is 9.97 Å². The molecular weight excluding hydrogens is 377 g/mol. The predicted octanol–water partition coefficient (Wildman–Crippen LogP) is 6.92. The van der Waals surface area contributed by atoms with Gasteiger partial charge in [0.25, 0.3) is 0 Å². The number of hydrogen-bond donors (Lipinski definition) is 0. The van der Waals surface area contributed by atoms with Crippen LogP contribution in [-0.2, 0) is 0 Å². The van der Waals surface area contributed by atoms with E-state index in [0.717, 1.165) is 28.3 Å². The molecule has 0 N–H and O–H groups in total. The van der Waals surface area contributed by atoms with E-state index in [0.29, 0.717) is 10.3 Å². The van der Waals surface area contributed by atoms with E-state index in [9.17, 15) is 0 Å². The molecule has 0 aliphatic heterocycles. The van der Waals surface area contributed by atoms with Crippen molar-refractivity contribution < 1.29 is 0 Å². The Morgan fingerprint density at radius 3 is 1.89 bits per heavy atom. The van der Waals surface area contributed by atoms with Crippen molar-refractivity contribution in [3.8, 4) is 11.3 Å². The molecule has 0 aliphatic carbocycles. The van der Waals surface area contributed by atoms with E-state index >= 15 is 0 Å². The van der Waals surface area contributed by atoms with E-state index in [1.54, 1.807) is 12.3 Å². The summed E-state index contributed by atoms with van der Waals surface area (Å²) in [5.74, 6) is 0. The standard InChI is InChI=1S/C22H15Cl2N3/c23-21-12-11-19(22(24)26-21)20-15-18(13-14-25-20)27(16-7-3-1-4-8-16)17-9-5-2-6-10-17/h1-15H. The fraction of sp³-hybridized carbons (Fsp3) is 0. The number of para-hydroxylation sites is 2. The highest BCUT2D eigenvalue weighted by Gasteiger charge is 2.14. The molecule has 0 aliphatic rings. The Morgan fingerprint density at radius 1 is 0.667 bits per heavy atom. The van der Waals surface area contributed by atoms with Crippen LogP contribution >= 0.6 is 23.2 Å². The number of hydrogen-bond acceptors (Lipinski definition) is 3. The molecule has 0 saturated carbocycles. The lowest BCUT2D eigenvalue weighted by atomic mass is 10.1. The third-order valence-corrected chi connectivity index (χ3v) is 4.62. The second-order valence-corrected chi connectivity index (χ2v) is 6.62. The van der Waals surface area contributed by atoms with Crippen molar-refractivity contribution in [1.82, 2.24) is 9.97 Å². The van der Waals surface area contributed by atoms with Gasteiger partial charge < -0.3 is 4.90 Å². The van der Waals surface area contributed by atoms with Crippen LogP contribution in [0.2, 0.25) is 10.3 Å². The number of benzene rings is 2. The smallest absolute Gasteiger partial charge is 0.140 e. The Hall–Kier alpha value is -2.88. The van der Waals surface area contributed by atoms with E-state index in [4.69, 9.17) is 23.2 Å². The Balaban J connectivity index is 1.84. The first-order valence-corrected chi connectivity index (χ1v) is 9.17. The predicted molar refractivity (Wildman–Crippen MR) is 112 cm³/mol. The van der Waals surface area contributed by atoms with Gasteiger partial charge in [0, 0.05) is 28.8 Å². The molecule has 132 valence electrons. The maximum absolute atomic E-state index is 6.28. The van der Waals surface area contributed by atoms with Gasteiger partial charge in [-0.05, 0) is 48.5 Å². The van der Waals surface area contributed by atoms with Crippen LogP contribution in [0.3, 0.4) is 0 Å². The second kappa shape index (κ2) is 7.78. The second-order valence-electron chi connectivity index (χ2n) is 5.88. The summed E-state index contributed by atoms with van der Waals surface area (Å²) in [5.41, 5.74) is 4.56. The zero-order valence-electron chi connectivity index (χ0n) is 14.3. The maximum Gasteiger partial charge on any atom is 0.140 e. The number of anilines is 3. The first-order chi connectivity index (χ1) is 13.2. The van der Waals surface area contributed by atoms with Gasteiger partial charge in [0.2, 0.25) is 0 Å². The molecule has 0 bridgehead atoms. The molecule has 0 atom stereocenters. The molecule has 4 rings (SSSR count). The average Bonchev–Trinajstić information content (AvgIpc) is 2.70. The van der Waals surface area contributed by atoms with Crippen LogP contribution in [0.1, 0.15) is 0 Å². The lowest BCUT2D eigenvalue weighted by Gasteiger charge is -2.25. The van der Waals surface area contributed by atoms with Gasteiger partial charge in [0.1, 0.15) is 10.3 Å². The molecule has 2 heterocycles. The van der Waals surface area contributed by atoms with Gasteiger partial charge >= 0.3 is 0 Å². The zero-order valence-corrected chi connectivity index (χ0v) is 15.8. The number of pyridine rings is 2. The van der Waals surface area contributed by atoms with Gasteiger partial charge in [-0.2, -0.15) is 0 Å². The highest BCUT2D eigenvalue weighted by Crippen LogP contribution is 2.36. The molecule has 0 spiro atoms. The van der Waals surface area contributed by atoms with Gasteiger partial charge in [0.05, 0.1) is 5.69 Å². The van der Waals surface area contributed by atoms with Crippen LogP contribution in [0.5, 0.6) is 0 Å². The molecule has 0 unspecified atom stereocenters. The topological polar surface area (TPSA) is 29.0 Å². The SMILES string of the molecule is Clc1ccc(-c2cc(N(c3ccccc3)c3ccccc3)ccn2)c(Cl)n1. The van der Waals surface area contributed by atoms with Gasteiger partial charge in [-0.3, -0.25) is 4.98 Å². The number of halogens is 2. The van der Waals surface area contributed by atoms with E-state index in [1.165, 1.54) is 0 Å². The van der Waals surface area contributed by atoms with Crippen molar-refractivity contribution >= 4 is 40.3 Å². The first-order valence-electron chi connectivity index (χ1n) is 8.41. The molecule has 2 aromatic heterocycles. The van der Waals surface area contributed by atoms with Gasteiger partial charge in [-0.15, -0.1) is 0 Å². The molecule has 0 saturated heterocycles. The van der Waals surface area contributed by atoms with Gasteiger partial charge in [0.15, 0.2) is 0 Å². The summed E-state index contributed by atoms with van der Waals surface area (Å²) in [4.78, 5) is 10.8. The lowest BCUT2D eigenvalue weighted by Crippen LogP contribution is -2.10. The molecule has 0 radical (unpaired) electrons. The minimum absolute atomic E-state index is 0.332. The van der Waals surface area contributed by atoms with E-state index < -0.39 is 0 Å². The van der Waals surface area contributed by atoms with Crippen LogP contribution in [0.15, 0.2) is 91.1 Å². The Bertz CT molecular complexity index is 1010. The van der Waals surface area contributed by atoms with Crippen molar-refractivity contribution in [2.24, 2.45) is 0 Å². The third-order valence-electron chi connectivity index (χ3n) is 4.12. The summed E-state index contributed by atoms with van der Waals surface area (Å²) in [7, 11) is 0.